The van der Waals surface area contributed by atoms with E-state index in [0.717, 1.165) is 0 Å². The molecule has 0 atom stereocenters. The van der Waals surface area contributed by atoms with Gasteiger partial charge >= 0.3 is 0 Å². The molecule has 0 radical (unpaired) electrons. The van der Waals surface area contributed by atoms with Gasteiger partial charge in [-0.05, 0) is 5.56 Å². The minimum absolute atomic E-state index is 0.0607. The van der Waals surface area contributed by atoms with Crippen LogP contribution in [0.5, 0.6) is 0 Å². The number of hydrogen-bond acceptors (Lipinski definition) is 3. The van der Waals surface area contributed by atoms with Crippen LogP contribution in [-0.4, -0.2) is 19.2 Å². The van der Waals surface area contributed by atoms with Gasteiger partial charge in [0.1, 0.15) is 10.7 Å². The van der Waals surface area contributed by atoms with Crippen molar-refractivity contribution in [3.63, 3.8) is 0 Å². The summed E-state index contributed by atoms with van der Waals surface area (Å²) in [6.45, 7) is 0. The molecule has 16 heavy (non-hydrogen) atoms. The molecule has 0 aromatic heterocycles. The Hall–Kier alpha value is -1.38. The Morgan fingerprint density at radius 2 is 1.94 bits per heavy atom. The first-order valence-corrected chi connectivity index (χ1v) is 6.70. The van der Waals surface area contributed by atoms with Gasteiger partial charge in [0.2, 0.25) is 0 Å². The molecule has 1 rings (SSSR count). The van der Waals surface area contributed by atoms with E-state index >= 15 is 0 Å². The summed E-state index contributed by atoms with van der Waals surface area (Å²) in [6, 6.07) is 6.76. The van der Waals surface area contributed by atoms with Crippen molar-refractivity contribution in [2.24, 2.45) is 5.73 Å². The van der Waals surface area contributed by atoms with Gasteiger partial charge in [0, 0.05) is 5.56 Å². The lowest BCUT2D eigenvalue weighted by Crippen LogP contribution is -2.10. The first-order chi connectivity index (χ1) is 7.44. The lowest BCUT2D eigenvalue weighted by Gasteiger charge is -2.02. The first kappa shape index (κ1) is 12.7. The highest BCUT2D eigenvalue weighted by Crippen LogP contribution is 2.08. The molecule has 2 N–H and O–H groups in total. The Morgan fingerprint density at radius 1 is 1.38 bits per heavy atom. The zero-order chi connectivity index (χ0) is 12.2. The zero-order valence-corrected chi connectivity index (χ0v) is 10.1. The molecule has 3 nitrogen and oxygen atoms in total. The predicted octanol–water partition coefficient (Wildman–Crippen LogP) is 0.869. The van der Waals surface area contributed by atoms with Crippen LogP contribution in [0.3, 0.4) is 0 Å². The van der Waals surface area contributed by atoms with Crippen LogP contribution < -0.4 is 5.73 Å². The standard InChI is InChI=1S/C11H11NO2S2/c1-2-7-16(13,14)8-9-3-5-10(6-4-9)11(12)15/h1,3-6H,7-8H2,(H2,12,15). The van der Waals surface area contributed by atoms with E-state index in [1.54, 1.807) is 24.3 Å². The largest absolute Gasteiger partial charge is 0.389 e. The molecule has 0 aliphatic carbocycles. The average molecular weight is 253 g/mol. The van der Waals surface area contributed by atoms with Gasteiger partial charge in [-0.2, -0.15) is 0 Å². The van der Waals surface area contributed by atoms with E-state index < -0.39 is 9.84 Å². The summed E-state index contributed by atoms with van der Waals surface area (Å²) in [4.78, 5) is 0.290. The maximum atomic E-state index is 11.4. The van der Waals surface area contributed by atoms with Gasteiger partial charge in [-0.1, -0.05) is 42.4 Å². The highest BCUT2D eigenvalue weighted by molar-refractivity contribution is 7.90. The lowest BCUT2D eigenvalue weighted by atomic mass is 10.1. The van der Waals surface area contributed by atoms with E-state index in [-0.39, 0.29) is 16.5 Å². The Morgan fingerprint density at radius 3 is 2.38 bits per heavy atom. The van der Waals surface area contributed by atoms with E-state index in [1.807, 2.05) is 0 Å². The summed E-state index contributed by atoms with van der Waals surface area (Å²) in [5, 5.41) is 0. The van der Waals surface area contributed by atoms with Gasteiger partial charge in [0.25, 0.3) is 0 Å². The second kappa shape index (κ2) is 5.10. The van der Waals surface area contributed by atoms with E-state index in [1.165, 1.54) is 0 Å². The minimum atomic E-state index is -3.22. The molecule has 0 fully saturated rings. The maximum absolute atomic E-state index is 11.4. The van der Waals surface area contributed by atoms with Crippen molar-refractivity contribution >= 4 is 27.0 Å². The van der Waals surface area contributed by atoms with Crippen molar-refractivity contribution in [2.75, 3.05) is 5.75 Å². The SMILES string of the molecule is C#CCS(=O)(=O)Cc1ccc(C(N)=S)cc1. The molecule has 0 aliphatic heterocycles. The number of thiocarbonyl (C=S) groups is 1. The molecule has 84 valence electrons. The highest BCUT2D eigenvalue weighted by Gasteiger charge is 2.10. The van der Waals surface area contributed by atoms with Gasteiger partial charge < -0.3 is 5.73 Å². The van der Waals surface area contributed by atoms with Crippen molar-refractivity contribution in [2.45, 2.75) is 5.75 Å². The quantitative estimate of drug-likeness (QED) is 0.639. The summed E-state index contributed by atoms with van der Waals surface area (Å²) in [5.74, 6) is 1.82. The topological polar surface area (TPSA) is 60.2 Å². The number of nitrogens with two attached hydrogens (primary N) is 1. The molecule has 0 unspecified atom stereocenters. The van der Waals surface area contributed by atoms with Crippen molar-refractivity contribution < 1.29 is 8.42 Å². The zero-order valence-electron chi connectivity index (χ0n) is 8.51. The van der Waals surface area contributed by atoms with Gasteiger partial charge in [-0.3, -0.25) is 0 Å². The number of terminal acetylenes is 1. The van der Waals surface area contributed by atoms with Gasteiger partial charge in [-0.25, -0.2) is 8.42 Å². The van der Waals surface area contributed by atoms with E-state index in [4.69, 9.17) is 24.4 Å². The van der Waals surface area contributed by atoms with Gasteiger partial charge in [0.15, 0.2) is 9.84 Å². The van der Waals surface area contributed by atoms with Crippen LogP contribution in [0, 0.1) is 12.3 Å². The lowest BCUT2D eigenvalue weighted by molar-refractivity contribution is 0.598. The van der Waals surface area contributed by atoms with Crippen LogP contribution in [0.15, 0.2) is 24.3 Å². The van der Waals surface area contributed by atoms with Crippen molar-refractivity contribution in [3.8, 4) is 12.3 Å². The normalized spacial score (nSPS) is 10.7. The summed E-state index contributed by atoms with van der Waals surface area (Å²) >= 11 is 4.79. The average Bonchev–Trinajstić information content (AvgIpc) is 2.17. The van der Waals surface area contributed by atoms with E-state index in [9.17, 15) is 8.42 Å². The monoisotopic (exact) mass is 253 g/mol. The van der Waals surface area contributed by atoms with Crippen molar-refractivity contribution in [1.29, 1.82) is 0 Å². The molecule has 0 spiro atoms. The third-order valence-electron chi connectivity index (χ3n) is 1.93. The molecular weight excluding hydrogens is 242 g/mol. The van der Waals surface area contributed by atoms with Crippen LogP contribution in [-0.2, 0) is 15.6 Å². The fraction of sp³-hybridized carbons (Fsp3) is 0.182. The number of benzene rings is 1. The summed E-state index contributed by atoms with van der Waals surface area (Å²) in [6.07, 6.45) is 4.97. The first-order valence-electron chi connectivity index (χ1n) is 4.47. The summed E-state index contributed by atoms with van der Waals surface area (Å²) < 4.78 is 22.9. The minimum Gasteiger partial charge on any atom is -0.389 e. The Balaban J connectivity index is 2.85. The summed E-state index contributed by atoms with van der Waals surface area (Å²) in [7, 11) is -3.22. The van der Waals surface area contributed by atoms with Crippen LogP contribution in [0.1, 0.15) is 11.1 Å². The number of sulfone groups is 1. The van der Waals surface area contributed by atoms with Gasteiger partial charge in [0.05, 0.1) is 5.75 Å². The third kappa shape index (κ3) is 3.65. The fourth-order valence-corrected chi connectivity index (χ4v) is 2.39. The Kier molecular flexibility index (Phi) is 4.05. The predicted molar refractivity (Wildman–Crippen MR) is 68.7 cm³/mol. The van der Waals surface area contributed by atoms with Gasteiger partial charge in [-0.15, -0.1) is 6.42 Å². The summed E-state index contributed by atoms with van der Waals surface area (Å²) in [5.41, 5.74) is 6.82. The van der Waals surface area contributed by atoms with Crippen molar-refractivity contribution in [3.05, 3.63) is 35.4 Å². The second-order valence-corrected chi connectivity index (χ2v) is 5.80. The van der Waals surface area contributed by atoms with Crippen LogP contribution in [0.4, 0.5) is 0 Å². The van der Waals surface area contributed by atoms with Crippen LogP contribution in [0.25, 0.3) is 0 Å². The Labute approximate surface area is 101 Å². The molecule has 0 saturated heterocycles. The highest BCUT2D eigenvalue weighted by atomic mass is 32.2. The van der Waals surface area contributed by atoms with E-state index in [0.29, 0.717) is 11.1 Å². The molecule has 0 amide bonds. The molecule has 5 heteroatoms. The molecule has 0 bridgehead atoms. The van der Waals surface area contributed by atoms with Crippen LogP contribution >= 0.6 is 12.2 Å². The molecule has 0 saturated carbocycles. The fourth-order valence-electron chi connectivity index (χ4n) is 1.20. The molecule has 1 aromatic carbocycles. The maximum Gasteiger partial charge on any atom is 0.165 e. The number of rotatable bonds is 4. The molecule has 0 aliphatic rings. The number of hydrogen-bond donors (Lipinski definition) is 1. The Bertz CT molecular complexity index is 524. The molecule has 1 aromatic rings. The second-order valence-electron chi connectivity index (χ2n) is 3.30. The van der Waals surface area contributed by atoms with E-state index in [2.05, 4.69) is 5.92 Å². The molecule has 0 heterocycles. The third-order valence-corrected chi connectivity index (χ3v) is 3.54. The smallest absolute Gasteiger partial charge is 0.165 e. The molecular formula is C11H11NO2S2. The van der Waals surface area contributed by atoms with Crippen LogP contribution in [0.2, 0.25) is 0 Å². The van der Waals surface area contributed by atoms with Crippen molar-refractivity contribution in [1.82, 2.24) is 0 Å².